The number of fused-ring (bicyclic) bond motifs is 1. The number of aromatic nitrogens is 1. The third-order valence-corrected chi connectivity index (χ3v) is 4.18. The molecule has 0 aliphatic rings. The summed E-state index contributed by atoms with van der Waals surface area (Å²) in [5, 5.41) is 0. The number of hydrogen-bond acceptors (Lipinski definition) is 4. The average Bonchev–Trinajstić information content (AvgIpc) is 2.58. The smallest absolute Gasteiger partial charge is 0.151 e. The summed E-state index contributed by atoms with van der Waals surface area (Å²) in [5.74, 6) is 0.984. The maximum atomic E-state index is 5.74. The summed E-state index contributed by atoms with van der Waals surface area (Å²) in [6.45, 7) is 4.22. The van der Waals surface area contributed by atoms with Crippen molar-refractivity contribution < 1.29 is 0 Å². The lowest BCUT2D eigenvalue weighted by atomic mass is 10.3. The van der Waals surface area contributed by atoms with Gasteiger partial charge in [-0.1, -0.05) is 23.4 Å². The van der Waals surface area contributed by atoms with Crippen molar-refractivity contribution in [1.82, 2.24) is 4.98 Å². The minimum atomic E-state index is 0.803. The van der Waals surface area contributed by atoms with Crippen LogP contribution < -0.4 is 5.73 Å². The van der Waals surface area contributed by atoms with Gasteiger partial charge in [-0.05, 0) is 32.0 Å². The fraction of sp³-hybridized carbons (Fsp3) is 0.250. The molecule has 0 atom stereocenters. The van der Waals surface area contributed by atoms with Crippen molar-refractivity contribution in [3.8, 4) is 0 Å². The van der Waals surface area contributed by atoms with Crippen molar-refractivity contribution in [2.75, 3.05) is 11.5 Å². The SMILES string of the molecule is CC(C)=CCSc1nc2ccc(N)cc2s1. The van der Waals surface area contributed by atoms with Gasteiger partial charge in [0.1, 0.15) is 0 Å². The zero-order valence-corrected chi connectivity index (χ0v) is 11.0. The summed E-state index contributed by atoms with van der Waals surface area (Å²) >= 11 is 3.48. The number of allylic oxidation sites excluding steroid dienone is 1. The van der Waals surface area contributed by atoms with E-state index in [1.54, 1.807) is 23.1 Å². The molecule has 84 valence electrons. The topological polar surface area (TPSA) is 38.9 Å². The number of rotatable bonds is 3. The van der Waals surface area contributed by atoms with Crippen LogP contribution in [-0.4, -0.2) is 10.7 Å². The van der Waals surface area contributed by atoms with Crippen LogP contribution >= 0.6 is 23.1 Å². The molecule has 0 amide bonds. The molecular weight excluding hydrogens is 236 g/mol. The Morgan fingerprint density at radius 2 is 2.31 bits per heavy atom. The minimum Gasteiger partial charge on any atom is -0.399 e. The molecule has 0 aliphatic heterocycles. The number of nitrogens with zero attached hydrogens (tertiary/aromatic N) is 1. The lowest BCUT2D eigenvalue weighted by molar-refractivity contribution is 1.30. The first-order chi connectivity index (χ1) is 7.65. The van der Waals surface area contributed by atoms with Gasteiger partial charge < -0.3 is 5.73 Å². The van der Waals surface area contributed by atoms with Gasteiger partial charge in [-0.15, -0.1) is 11.3 Å². The van der Waals surface area contributed by atoms with E-state index in [1.807, 2.05) is 18.2 Å². The molecule has 0 saturated heterocycles. The van der Waals surface area contributed by atoms with Gasteiger partial charge in [0.2, 0.25) is 0 Å². The predicted molar refractivity (Wildman–Crippen MR) is 74.2 cm³/mol. The molecule has 2 N–H and O–H groups in total. The zero-order chi connectivity index (χ0) is 11.5. The Morgan fingerprint density at radius 3 is 3.06 bits per heavy atom. The average molecular weight is 250 g/mol. The van der Waals surface area contributed by atoms with Crippen LogP contribution in [0.1, 0.15) is 13.8 Å². The van der Waals surface area contributed by atoms with Crippen molar-refractivity contribution in [3.05, 3.63) is 29.8 Å². The molecule has 0 fully saturated rings. The monoisotopic (exact) mass is 250 g/mol. The summed E-state index contributed by atoms with van der Waals surface area (Å²) in [6.07, 6.45) is 2.21. The summed E-state index contributed by atoms with van der Waals surface area (Å²) in [7, 11) is 0. The molecule has 1 aromatic carbocycles. The summed E-state index contributed by atoms with van der Waals surface area (Å²) < 4.78 is 2.28. The largest absolute Gasteiger partial charge is 0.399 e. The molecule has 0 aliphatic carbocycles. The maximum absolute atomic E-state index is 5.74. The van der Waals surface area contributed by atoms with Gasteiger partial charge in [0, 0.05) is 11.4 Å². The van der Waals surface area contributed by atoms with Gasteiger partial charge in [-0.25, -0.2) is 4.98 Å². The minimum absolute atomic E-state index is 0.803. The first kappa shape index (κ1) is 11.5. The van der Waals surface area contributed by atoms with E-state index < -0.39 is 0 Å². The second-order valence-electron chi connectivity index (χ2n) is 3.80. The number of hydrogen-bond donors (Lipinski definition) is 1. The number of nitrogen functional groups attached to an aromatic ring is 1. The summed E-state index contributed by atoms with van der Waals surface area (Å²) in [6, 6.07) is 5.86. The van der Waals surface area contributed by atoms with Gasteiger partial charge in [0.15, 0.2) is 4.34 Å². The van der Waals surface area contributed by atoms with E-state index in [1.165, 1.54) is 10.3 Å². The highest BCUT2D eigenvalue weighted by molar-refractivity contribution is 8.01. The molecule has 4 heteroatoms. The van der Waals surface area contributed by atoms with Crippen molar-refractivity contribution in [2.24, 2.45) is 0 Å². The maximum Gasteiger partial charge on any atom is 0.151 e. The van der Waals surface area contributed by atoms with Crippen LogP contribution in [0.25, 0.3) is 10.2 Å². The quantitative estimate of drug-likeness (QED) is 0.509. The van der Waals surface area contributed by atoms with Gasteiger partial charge in [-0.2, -0.15) is 0 Å². The standard InChI is InChI=1S/C12H14N2S2/c1-8(2)5-6-15-12-14-10-4-3-9(13)7-11(10)16-12/h3-5,7H,6,13H2,1-2H3. The van der Waals surface area contributed by atoms with E-state index in [0.29, 0.717) is 0 Å². The van der Waals surface area contributed by atoms with Crippen LogP contribution in [0.3, 0.4) is 0 Å². The van der Waals surface area contributed by atoms with E-state index in [2.05, 4.69) is 24.9 Å². The zero-order valence-electron chi connectivity index (χ0n) is 9.36. The number of anilines is 1. The highest BCUT2D eigenvalue weighted by Crippen LogP contribution is 2.30. The Morgan fingerprint density at radius 1 is 1.50 bits per heavy atom. The van der Waals surface area contributed by atoms with Crippen LogP contribution in [0, 0.1) is 0 Å². The summed E-state index contributed by atoms with van der Waals surface area (Å²) in [5.41, 5.74) is 8.92. The second kappa shape index (κ2) is 4.89. The van der Waals surface area contributed by atoms with E-state index in [4.69, 9.17) is 5.73 Å². The van der Waals surface area contributed by atoms with E-state index in [9.17, 15) is 0 Å². The van der Waals surface area contributed by atoms with Crippen LogP contribution in [0.4, 0.5) is 5.69 Å². The Hall–Kier alpha value is -1.000. The highest BCUT2D eigenvalue weighted by Gasteiger charge is 2.03. The normalized spacial score (nSPS) is 10.6. The molecule has 1 heterocycles. The lowest BCUT2D eigenvalue weighted by Gasteiger charge is -1.90. The Labute approximate surface area is 104 Å². The third-order valence-electron chi connectivity index (χ3n) is 2.09. The van der Waals surface area contributed by atoms with Crippen molar-refractivity contribution in [2.45, 2.75) is 18.2 Å². The molecule has 2 aromatic rings. The van der Waals surface area contributed by atoms with Crippen molar-refractivity contribution in [1.29, 1.82) is 0 Å². The molecule has 0 spiro atoms. The number of benzene rings is 1. The Balaban J connectivity index is 2.17. The molecule has 2 rings (SSSR count). The van der Waals surface area contributed by atoms with E-state index in [-0.39, 0.29) is 0 Å². The molecule has 2 nitrogen and oxygen atoms in total. The summed E-state index contributed by atoms with van der Waals surface area (Å²) in [4.78, 5) is 4.55. The van der Waals surface area contributed by atoms with Crippen LogP contribution in [0.2, 0.25) is 0 Å². The predicted octanol–water partition coefficient (Wildman–Crippen LogP) is 3.94. The molecule has 0 radical (unpaired) electrons. The number of nitrogens with two attached hydrogens (primary N) is 1. The fourth-order valence-electron chi connectivity index (χ4n) is 1.26. The molecular formula is C12H14N2S2. The Bertz CT molecular complexity index is 525. The van der Waals surface area contributed by atoms with Crippen molar-refractivity contribution >= 4 is 39.0 Å². The first-order valence-electron chi connectivity index (χ1n) is 5.07. The molecule has 0 saturated carbocycles. The van der Waals surface area contributed by atoms with Gasteiger partial charge in [-0.3, -0.25) is 0 Å². The Kier molecular flexibility index (Phi) is 3.51. The molecule has 0 unspecified atom stereocenters. The first-order valence-corrected chi connectivity index (χ1v) is 6.87. The van der Waals surface area contributed by atoms with Gasteiger partial charge in [0.05, 0.1) is 10.2 Å². The number of thiazole rings is 1. The second-order valence-corrected chi connectivity index (χ2v) is 6.10. The lowest BCUT2D eigenvalue weighted by Crippen LogP contribution is -1.81. The van der Waals surface area contributed by atoms with Gasteiger partial charge in [0.25, 0.3) is 0 Å². The van der Waals surface area contributed by atoms with E-state index in [0.717, 1.165) is 21.3 Å². The third kappa shape index (κ3) is 2.77. The van der Waals surface area contributed by atoms with Crippen LogP contribution in [0.15, 0.2) is 34.2 Å². The van der Waals surface area contributed by atoms with E-state index >= 15 is 0 Å². The fourth-order valence-corrected chi connectivity index (χ4v) is 3.44. The number of thioether (sulfide) groups is 1. The van der Waals surface area contributed by atoms with Crippen LogP contribution in [0.5, 0.6) is 0 Å². The van der Waals surface area contributed by atoms with Gasteiger partial charge >= 0.3 is 0 Å². The molecule has 0 bridgehead atoms. The van der Waals surface area contributed by atoms with Crippen molar-refractivity contribution in [3.63, 3.8) is 0 Å². The molecule has 1 aromatic heterocycles. The molecule has 16 heavy (non-hydrogen) atoms. The highest BCUT2D eigenvalue weighted by atomic mass is 32.2. The van der Waals surface area contributed by atoms with Crippen LogP contribution in [-0.2, 0) is 0 Å².